The number of H-pyrrole nitrogens is 1. The summed E-state index contributed by atoms with van der Waals surface area (Å²) >= 11 is 1.55. The second kappa shape index (κ2) is 8.06. The fraction of sp³-hybridized carbons (Fsp3) is 0.409. The number of carbonyl (C=O) groups excluding carboxylic acids is 1. The third-order valence-corrected chi connectivity index (χ3v) is 6.77. The molecule has 0 unspecified atom stereocenters. The molecule has 2 aliphatic rings. The molecule has 0 spiro atoms. The Kier molecular flexibility index (Phi) is 5.50. The van der Waals surface area contributed by atoms with E-state index in [0.29, 0.717) is 40.4 Å². The quantitative estimate of drug-likeness (QED) is 0.569. The van der Waals surface area contributed by atoms with Crippen molar-refractivity contribution < 1.29 is 9.53 Å². The minimum absolute atomic E-state index is 0.144. The van der Waals surface area contributed by atoms with E-state index in [1.54, 1.807) is 18.9 Å². The Morgan fingerprint density at radius 2 is 2.14 bits per heavy atom. The average molecular weight is 412 g/mol. The van der Waals surface area contributed by atoms with Crippen LogP contribution in [-0.2, 0) is 4.79 Å². The van der Waals surface area contributed by atoms with Gasteiger partial charge in [-0.3, -0.25) is 9.59 Å². The van der Waals surface area contributed by atoms with E-state index in [4.69, 9.17) is 9.72 Å². The van der Waals surface area contributed by atoms with Crippen LogP contribution in [0.5, 0.6) is 5.75 Å². The number of rotatable bonds is 5. The van der Waals surface area contributed by atoms with Gasteiger partial charge in [0.15, 0.2) is 5.16 Å². The first-order chi connectivity index (χ1) is 14.0. The number of carbonyl (C=O) groups is 1. The van der Waals surface area contributed by atoms with Gasteiger partial charge in [-0.15, -0.1) is 0 Å². The fourth-order valence-corrected chi connectivity index (χ4v) is 4.84. The summed E-state index contributed by atoms with van der Waals surface area (Å²) in [6.45, 7) is 4.21. The van der Waals surface area contributed by atoms with Crippen molar-refractivity contribution in [1.29, 1.82) is 0 Å². The number of aromatic amines is 1. The van der Waals surface area contributed by atoms with Crippen LogP contribution in [0.1, 0.15) is 50.2 Å². The van der Waals surface area contributed by atoms with Crippen molar-refractivity contribution in [2.45, 2.75) is 49.4 Å². The van der Waals surface area contributed by atoms with Crippen LogP contribution in [0, 0.1) is 5.92 Å². The first-order valence-corrected chi connectivity index (χ1v) is 10.8. The number of ether oxygens (including phenoxy) is 1. The molecule has 6 nitrogen and oxygen atoms in total. The zero-order valence-electron chi connectivity index (χ0n) is 16.8. The molecule has 0 amide bonds. The molecule has 29 heavy (non-hydrogen) atoms. The second-order valence-corrected chi connectivity index (χ2v) is 8.92. The lowest BCUT2D eigenvalue weighted by atomic mass is 9.72. The van der Waals surface area contributed by atoms with E-state index >= 15 is 0 Å². The molecule has 2 aromatic rings. The molecule has 0 saturated carbocycles. The van der Waals surface area contributed by atoms with Gasteiger partial charge >= 0.3 is 0 Å². The van der Waals surface area contributed by atoms with E-state index in [1.165, 1.54) is 0 Å². The minimum atomic E-state index is -0.403. The molecule has 4 rings (SSSR count). The Balaban J connectivity index is 1.88. The summed E-state index contributed by atoms with van der Waals surface area (Å²) < 4.78 is 5.38. The average Bonchev–Trinajstić information content (AvgIpc) is 2.72. The van der Waals surface area contributed by atoms with Crippen molar-refractivity contribution in [2.75, 3.05) is 12.4 Å². The van der Waals surface area contributed by atoms with Crippen LogP contribution < -0.4 is 15.6 Å². The number of methoxy groups -OCH3 is 1. The van der Waals surface area contributed by atoms with Gasteiger partial charge in [-0.2, -0.15) is 0 Å². The normalized spacial score (nSPS) is 21.5. The Morgan fingerprint density at radius 1 is 1.31 bits per heavy atom. The minimum Gasteiger partial charge on any atom is -0.497 e. The Morgan fingerprint density at radius 3 is 2.90 bits per heavy atom. The highest BCUT2D eigenvalue weighted by Gasteiger charge is 2.42. The van der Waals surface area contributed by atoms with Gasteiger partial charge in [-0.05, 0) is 30.5 Å². The van der Waals surface area contributed by atoms with E-state index in [-0.39, 0.29) is 17.3 Å². The molecular weight excluding hydrogens is 386 g/mol. The van der Waals surface area contributed by atoms with E-state index in [1.807, 2.05) is 24.3 Å². The van der Waals surface area contributed by atoms with Crippen LogP contribution in [0.2, 0.25) is 0 Å². The van der Waals surface area contributed by atoms with Gasteiger partial charge in [-0.25, -0.2) is 4.98 Å². The first kappa shape index (κ1) is 19.8. The predicted molar refractivity (Wildman–Crippen MR) is 115 cm³/mol. The molecule has 7 heteroatoms. The van der Waals surface area contributed by atoms with Crippen LogP contribution in [-0.4, -0.2) is 28.1 Å². The molecule has 0 fully saturated rings. The van der Waals surface area contributed by atoms with Gasteiger partial charge in [0.1, 0.15) is 17.4 Å². The summed E-state index contributed by atoms with van der Waals surface area (Å²) in [4.78, 5) is 33.7. The summed E-state index contributed by atoms with van der Waals surface area (Å²) in [5.74, 6) is 0.596. The zero-order valence-corrected chi connectivity index (χ0v) is 17.6. The summed E-state index contributed by atoms with van der Waals surface area (Å²) in [7, 11) is 1.61. The molecule has 3 atom stereocenters. The number of hydrogen-bond acceptors (Lipinski definition) is 6. The standard InChI is InChI=1S/C22H25N3O3S/c1-4-12(2)29-22-24-20-19(21(27)25-22)17(13-7-5-8-14(11-13)28-3)18-15(23-20)9-6-10-16(18)26/h5,7-9,11-12,17-18H,4,6,10H2,1-3H3,(H2,23,24,25,27)/t12-,17+,18+/m1/s1. The fourth-order valence-electron chi connectivity index (χ4n) is 3.99. The topological polar surface area (TPSA) is 84.1 Å². The second-order valence-electron chi connectivity index (χ2n) is 7.49. The maximum atomic E-state index is 13.2. The van der Waals surface area contributed by atoms with Crippen molar-refractivity contribution >= 4 is 23.4 Å². The number of fused-ring (bicyclic) bond motifs is 2. The smallest absolute Gasteiger partial charge is 0.257 e. The van der Waals surface area contributed by atoms with Gasteiger partial charge in [-0.1, -0.05) is 43.8 Å². The predicted octanol–water partition coefficient (Wildman–Crippen LogP) is 4.09. The number of ketones is 1. The number of allylic oxidation sites excluding steroid dienone is 2. The molecule has 0 saturated heterocycles. The van der Waals surface area contributed by atoms with Crippen molar-refractivity contribution in [3.8, 4) is 5.75 Å². The number of nitrogens with zero attached hydrogens (tertiary/aromatic N) is 1. The maximum absolute atomic E-state index is 13.2. The molecular formula is C22H25N3O3S. The van der Waals surface area contributed by atoms with Crippen LogP contribution in [0.3, 0.4) is 0 Å². The van der Waals surface area contributed by atoms with E-state index in [9.17, 15) is 9.59 Å². The van der Waals surface area contributed by atoms with Crippen molar-refractivity contribution in [2.24, 2.45) is 5.92 Å². The van der Waals surface area contributed by atoms with Crippen LogP contribution >= 0.6 is 11.8 Å². The molecule has 1 aliphatic carbocycles. The highest BCUT2D eigenvalue weighted by atomic mass is 32.2. The number of hydrogen-bond donors (Lipinski definition) is 2. The molecule has 1 aromatic heterocycles. The molecule has 152 valence electrons. The summed E-state index contributed by atoms with van der Waals surface area (Å²) in [5.41, 5.74) is 2.05. The van der Waals surface area contributed by atoms with Crippen LogP contribution in [0.4, 0.5) is 5.82 Å². The molecule has 0 bridgehead atoms. The van der Waals surface area contributed by atoms with Gasteiger partial charge in [0.2, 0.25) is 0 Å². The van der Waals surface area contributed by atoms with Crippen molar-refractivity contribution in [3.05, 3.63) is 57.5 Å². The Hall–Kier alpha value is -2.54. The van der Waals surface area contributed by atoms with Crippen LogP contribution in [0.15, 0.2) is 46.0 Å². The SMILES string of the molecule is CC[C@@H](C)Sc1nc2c(c(=O)[nH]1)[C@@H](c1cccc(OC)c1)[C@@H]1C(=O)CCC=C1N2. The Labute approximate surface area is 174 Å². The number of aromatic nitrogens is 2. The van der Waals surface area contributed by atoms with E-state index < -0.39 is 5.92 Å². The number of thioether (sulfide) groups is 1. The summed E-state index contributed by atoms with van der Waals surface area (Å²) in [6, 6.07) is 7.60. The van der Waals surface area contributed by atoms with Crippen molar-refractivity contribution in [3.63, 3.8) is 0 Å². The third kappa shape index (κ3) is 3.71. The van der Waals surface area contributed by atoms with Crippen LogP contribution in [0.25, 0.3) is 0 Å². The van der Waals surface area contributed by atoms with Gasteiger partial charge in [0, 0.05) is 23.3 Å². The lowest BCUT2D eigenvalue weighted by molar-refractivity contribution is -0.122. The Bertz CT molecular complexity index is 1030. The largest absolute Gasteiger partial charge is 0.497 e. The lowest BCUT2D eigenvalue weighted by Crippen LogP contribution is -2.38. The number of Topliss-reactive ketones (excluding diaryl/α,β-unsaturated/α-hetero) is 1. The molecule has 1 aromatic carbocycles. The van der Waals surface area contributed by atoms with Gasteiger partial charge < -0.3 is 15.0 Å². The maximum Gasteiger partial charge on any atom is 0.257 e. The van der Waals surface area contributed by atoms with E-state index in [0.717, 1.165) is 17.7 Å². The van der Waals surface area contributed by atoms with Gasteiger partial charge in [0.05, 0.1) is 18.6 Å². The third-order valence-electron chi connectivity index (χ3n) is 5.62. The highest BCUT2D eigenvalue weighted by Crippen LogP contribution is 2.45. The molecule has 0 radical (unpaired) electrons. The van der Waals surface area contributed by atoms with E-state index in [2.05, 4.69) is 30.2 Å². The zero-order chi connectivity index (χ0) is 20.5. The molecule has 2 heterocycles. The number of anilines is 1. The van der Waals surface area contributed by atoms with Crippen molar-refractivity contribution in [1.82, 2.24) is 9.97 Å². The molecule has 2 N–H and O–H groups in total. The number of benzene rings is 1. The molecule has 1 aliphatic heterocycles. The lowest BCUT2D eigenvalue weighted by Gasteiger charge is -2.36. The van der Waals surface area contributed by atoms with Gasteiger partial charge in [0.25, 0.3) is 5.56 Å². The summed E-state index contributed by atoms with van der Waals surface area (Å²) in [5, 5.41) is 4.24. The number of nitrogens with one attached hydrogen (secondary N) is 2. The summed E-state index contributed by atoms with van der Waals surface area (Å²) in [6.07, 6.45) is 4.23. The monoisotopic (exact) mass is 411 g/mol. The first-order valence-electron chi connectivity index (χ1n) is 9.96. The highest BCUT2D eigenvalue weighted by molar-refractivity contribution is 7.99.